The van der Waals surface area contributed by atoms with E-state index in [9.17, 15) is 14.4 Å². The number of hydrogen-bond donors (Lipinski definition) is 3. The molecule has 3 rings (SSSR count). The maximum absolute atomic E-state index is 12.9. The van der Waals surface area contributed by atoms with Gasteiger partial charge in [-0.15, -0.1) is 0 Å². The van der Waals surface area contributed by atoms with Crippen LogP contribution in [0.25, 0.3) is 0 Å². The van der Waals surface area contributed by atoms with E-state index in [-0.39, 0.29) is 29.1 Å². The van der Waals surface area contributed by atoms with Crippen LogP contribution in [0.4, 0.5) is 5.69 Å². The summed E-state index contributed by atoms with van der Waals surface area (Å²) < 4.78 is 0. The van der Waals surface area contributed by atoms with Gasteiger partial charge in [-0.2, -0.15) is 0 Å². The molecule has 0 aromatic heterocycles. The highest BCUT2D eigenvalue weighted by molar-refractivity contribution is 6.35. The quantitative estimate of drug-likeness (QED) is 0.677. The predicted octanol–water partition coefficient (Wildman–Crippen LogP) is 2.02. The number of para-hydroxylation sites is 1. The Hall–Kier alpha value is -2.41. The summed E-state index contributed by atoms with van der Waals surface area (Å²) in [5.74, 6) is -1.69. The Morgan fingerprint density at radius 3 is 2.17 bits per heavy atom. The Balaban J connectivity index is 1.70. The summed E-state index contributed by atoms with van der Waals surface area (Å²) >= 11 is 0. The molecule has 1 atom stereocenters. The monoisotopic (exact) mass is 400 g/mol. The largest absolute Gasteiger partial charge is 0.345 e. The lowest BCUT2D eigenvalue weighted by Gasteiger charge is -2.46. The van der Waals surface area contributed by atoms with Crippen molar-refractivity contribution in [3.05, 3.63) is 29.8 Å². The van der Waals surface area contributed by atoms with Gasteiger partial charge in [-0.05, 0) is 60.5 Å². The van der Waals surface area contributed by atoms with E-state index in [1.807, 2.05) is 38.1 Å². The first kappa shape index (κ1) is 21.3. The first-order valence-electron chi connectivity index (χ1n) is 10.2. The number of carbonyl (C=O) groups excluding carboxylic acids is 3. The second kappa shape index (κ2) is 7.44. The molecule has 1 aromatic rings. The fourth-order valence-corrected chi connectivity index (χ4v) is 4.89. The first-order valence-corrected chi connectivity index (χ1v) is 10.2. The molecule has 158 valence electrons. The predicted molar refractivity (Wildman–Crippen MR) is 112 cm³/mol. The first-order chi connectivity index (χ1) is 13.4. The number of nitrogens with one attached hydrogen (secondary N) is 3. The third-order valence-corrected chi connectivity index (χ3v) is 5.52. The maximum atomic E-state index is 12.9. The van der Waals surface area contributed by atoms with Crippen molar-refractivity contribution in [2.75, 3.05) is 4.90 Å². The summed E-state index contributed by atoms with van der Waals surface area (Å²) in [6, 6.07) is 6.37. The fourth-order valence-electron chi connectivity index (χ4n) is 4.89. The third-order valence-electron chi connectivity index (χ3n) is 5.52. The third kappa shape index (κ3) is 4.45. The number of hydrogen-bond acceptors (Lipinski definition) is 4. The summed E-state index contributed by atoms with van der Waals surface area (Å²) in [6.45, 7) is 12.2. The summed E-state index contributed by atoms with van der Waals surface area (Å²) in [6.07, 6.45) is 1.45. The van der Waals surface area contributed by atoms with Gasteiger partial charge in [0.1, 0.15) is 6.04 Å². The molecule has 0 radical (unpaired) electrons. The van der Waals surface area contributed by atoms with Crippen LogP contribution in [-0.2, 0) is 14.4 Å². The number of fused-ring (bicyclic) bond motifs is 1. The molecule has 0 saturated carbocycles. The van der Waals surface area contributed by atoms with Crippen LogP contribution < -0.4 is 20.9 Å². The molecule has 0 bridgehead atoms. The standard InChI is InChI=1S/C22H32N4O3/c1-13(2)26-16-10-8-7-9-15(16)17(20(26)29)24-19(28)18(27)23-14-11-21(3,4)25-22(5,6)12-14/h7-10,13-14,17,25H,11-12H2,1-6H3,(H,23,27)(H,24,28)/t17-/m1/s1. The van der Waals surface area contributed by atoms with Gasteiger partial charge in [-0.1, -0.05) is 18.2 Å². The average Bonchev–Trinajstić information content (AvgIpc) is 2.84. The number of benzene rings is 1. The van der Waals surface area contributed by atoms with E-state index >= 15 is 0 Å². The summed E-state index contributed by atoms with van der Waals surface area (Å²) in [5.41, 5.74) is 1.21. The maximum Gasteiger partial charge on any atom is 0.310 e. The Labute approximate surface area is 172 Å². The SMILES string of the molecule is CC(C)N1C(=O)[C@H](NC(=O)C(=O)NC2CC(C)(C)NC(C)(C)C2)c2ccccc21. The molecule has 7 nitrogen and oxygen atoms in total. The van der Waals surface area contributed by atoms with Crippen LogP contribution in [0.5, 0.6) is 0 Å². The average molecular weight is 401 g/mol. The van der Waals surface area contributed by atoms with Crippen molar-refractivity contribution in [1.82, 2.24) is 16.0 Å². The summed E-state index contributed by atoms with van der Waals surface area (Å²) in [7, 11) is 0. The number of amides is 3. The smallest absolute Gasteiger partial charge is 0.310 e. The highest BCUT2D eigenvalue weighted by Crippen LogP contribution is 2.37. The lowest BCUT2D eigenvalue weighted by molar-refractivity contribution is -0.141. The molecule has 2 aliphatic rings. The van der Waals surface area contributed by atoms with E-state index in [0.717, 1.165) is 24.1 Å². The van der Waals surface area contributed by atoms with Gasteiger partial charge < -0.3 is 20.9 Å². The molecule has 0 aliphatic carbocycles. The van der Waals surface area contributed by atoms with Crippen molar-refractivity contribution in [3.8, 4) is 0 Å². The van der Waals surface area contributed by atoms with Crippen LogP contribution in [0.1, 0.15) is 66.0 Å². The van der Waals surface area contributed by atoms with E-state index in [1.165, 1.54) is 0 Å². The van der Waals surface area contributed by atoms with Crippen molar-refractivity contribution >= 4 is 23.4 Å². The van der Waals surface area contributed by atoms with E-state index in [4.69, 9.17) is 0 Å². The van der Waals surface area contributed by atoms with Crippen molar-refractivity contribution in [1.29, 1.82) is 0 Å². The van der Waals surface area contributed by atoms with Crippen molar-refractivity contribution < 1.29 is 14.4 Å². The normalized spacial score (nSPS) is 23.1. The highest BCUT2D eigenvalue weighted by atomic mass is 16.2. The highest BCUT2D eigenvalue weighted by Gasteiger charge is 2.41. The molecule has 1 fully saturated rings. The van der Waals surface area contributed by atoms with Crippen LogP contribution in [0, 0.1) is 0 Å². The van der Waals surface area contributed by atoms with Gasteiger partial charge in [0.05, 0.1) is 0 Å². The number of piperidine rings is 1. The van der Waals surface area contributed by atoms with E-state index < -0.39 is 17.9 Å². The Morgan fingerprint density at radius 1 is 1.03 bits per heavy atom. The molecule has 3 amide bonds. The molecule has 2 aliphatic heterocycles. The van der Waals surface area contributed by atoms with Gasteiger partial charge >= 0.3 is 11.8 Å². The molecule has 29 heavy (non-hydrogen) atoms. The minimum Gasteiger partial charge on any atom is -0.345 e. The van der Waals surface area contributed by atoms with Crippen LogP contribution in [0.3, 0.4) is 0 Å². The minimum absolute atomic E-state index is 0.0430. The van der Waals surface area contributed by atoms with Crippen molar-refractivity contribution in [2.45, 2.75) is 83.6 Å². The molecule has 2 heterocycles. The van der Waals surface area contributed by atoms with Gasteiger partial charge in [0.25, 0.3) is 5.91 Å². The van der Waals surface area contributed by atoms with E-state index in [1.54, 1.807) is 4.90 Å². The fraction of sp³-hybridized carbons (Fsp3) is 0.591. The summed E-state index contributed by atoms with van der Waals surface area (Å²) in [4.78, 5) is 39.8. The Morgan fingerprint density at radius 2 is 1.59 bits per heavy atom. The second-order valence-electron chi connectivity index (χ2n) is 9.74. The molecule has 0 spiro atoms. The summed E-state index contributed by atoms with van der Waals surface area (Å²) in [5, 5.41) is 9.06. The van der Waals surface area contributed by atoms with Crippen molar-refractivity contribution in [2.24, 2.45) is 0 Å². The zero-order chi connectivity index (χ0) is 21.6. The number of carbonyl (C=O) groups is 3. The minimum atomic E-state index is -0.840. The number of rotatable bonds is 3. The van der Waals surface area contributed by atoms with Crippen LogP contribution >= 0.6 is 0 Å². The zero-order valence-corrected chi connectivity index (χ0v) is 18.1. The molecule has 1 aromatic carbocycles. The molecule has 7 heteroatoms. The zero-order valence-electron chi connectivity index (χ0n) is 18.1. The molecule has 1 saturated heterocycles. The van der Waals surface area contributed by atoms with Gasteiger partial charge in [-0.3, -0.25) is 14.4 Å². The van der Waals surface area contributed by atoms with Crippen LogP contribution in [0.15, 0.2) is 24.3 Å². The van der Waals surface area contributed by atoms with Crippen molar-refractivity contribution in [3.63, 3.8) is 0 Å². The lowest BCUT2D eigenvalue weighted by atomic mass is 9.79. The van der Waals surface area contributed by atoms with Gasteiger partial charge in [-0.25, -0.2) is 0 Å². The van der Waals surface area contributed by atoms with E-state index in [2.05, 4.69) is 43.6 Å². The number of nitrogens with zero attached hydrogens (tertiary/aromatic N) is 1. The molecule has 3 N–H and O–H groups in total. The van der Waals surface area contributed by atoms with Crippen LogP contribution in [0.2, 0.25) is 0 Å². The lowest BCUT2D eigenvalue weighted by Crippen LogP contribution is -2.63. The van der Waals surface area contributed by atoms with E-state index in [0.29, 0.717) is 0 Å². The molecular formula is C22H32N4O3. The topological polar surface area (TPSA) is 90.5 Å². The molecular weight excluding hydrogens is 368 g/mol. The number of anilines is 1. The molecule has 0 unspecified atom stereocenters. The Kier molecular flexibility index (Phi) is 5.47. The van der Waals surface area contributed by atoms with Gasteiger partial charge in [0, 0.05) is 34.4 Å². The van der Waals surface area contributed by atoms with Gasteiger partial charge in [0.15, 0.2) is 0 Å². The Bertz CT molecular complexity index is 815. The van der Waals surface area contributed by atoms with Crippen LogP contribution in [-0.4, -0.2) is 40.9 Å². The second-order valence-corrected chi connectivity index (χ2v) is 9.74. The van der Waals surface area contributed by atoms with Gasteiger partial charge in [0.2, 0.25) is 0 Å².